The molecule has 3 aromatic rings. The van der Waals surface area contributed by atoms with Crippen LogP contribution in [0, 0.1) is 0 Å². The van der Waals surface area contributed by atoms with Crippen molar-refractivity contribution in [3.63, 3.8) is 0 Å². The summed E-state index contributed by atoms with van der Waals surface area (Å²) in [4.78, 5) is 51.0. The predicted molar refractivity (Wildman–Crippen MR) is 184 cm³/mol. The lowest BCUT2D eigenvalue weighted by molar-refractivity contribution is -0.201. The zero-order chi connectivity index (χ0) is 38.2. The Morgan fingerprint density at radius 3 is 1.69 bits per heavy atom. The average Bonchev–Trinajstić information content (AvgIpc) is 3.53. The number of esters is 4. The quantitative estimate of drug-likeness (QED) is 0.103. The molecular weight excluding hydrogens is 682 g/mol. The molecule has 0 aliphatic heterocycles. The summed E-state index contributed by atoms with van der Waals surface area (Å²) in [5, 5.41) is 8.62. The Bertz CT molecular complexity index is 1770. The maximum Gasteiger partial charge on any atom is 0.303 e. The Kier molecular flexibility index (Phi) is 14.0. The fraction of sp³-hybridized carbons (Fsp3) is 0.500. The van der Waals surface area contributed by atoms with Gasteiger partial charge in [-0.05, 0) is 58.7 Å². The molecule has 1 heterocycles. The minimum absolute atomic E-state index is 0.0141. The van der Waals surface area contributed by atoms with E-state index in [4.69, 9.17) is 23.1 Å². The highest BCUT2D eigenvalue weighted by molar-refractivity contribution is 7.86. The van der Waals surface area contributed by atoms with Gasteiger partial charge in [-0.1, -0.05) is 59.7 Å². The number of rotatable bonds is 16. The fourth-order valence-corrected chi connectivity index (χ4v) is 6.67. The molecule has 0 aliphatic rings. The van der Waals surface area contributed by atoms with Crippen LogP contribution in [0.1, 0.15) is 115 Å². The molecule has 0 unspecified atom stereocenters. The van der Waals surface area contributed by atoms with Gasteiger partial charge < -0.3 is 18.9 Å². The number of para-hydroxylation sites is 1. The molecule has 51 heavy (non-hydrogen) atoms. The highest BCUT2D eigenvalue weighted by atomic mass is 32.2. The summed E-state index contributed by atoms with van der Waals surface area (Å²) >= 11 is 0. The van der Waals surface area contributed by atoms with Gasteiger partial charge in [0.25, 0.3) is 10.1 Å². The van der Waals surface area contributed by atoms with Gasteiger partial charge in [0, 0.05) is 27.7 Å². The zero-order valence-corrected chi connectivity index (χ0v) is 31.4. The molecule has 4 atom stereocenters. The van der Waals surface area contributed by atoms with Crippen LogP contribution in [0.2, 0.25) is 0 Å². The van der Waals surface area contributed by atoms with Crippen LogP contribution in [0.5, 0.6) is 0 Å². The van der Waals surface area contributed by atoms with Gasteiger partial charge in [0.2, 0.25) is 0 Å². The van der Waals surface area contributed by atoms with Crippen LogP contribution in [0.15, 0.2) is 53.6 Å². The molecule has 0 aliphatic carbocycles. The van der Waals surface area contributed by atoms with Crippen LogP contribution in [0.25, 0.3) is 5.69 Å². The van der Waals surface area contributed by atoms with Gasteiger partial charge in [-0.3, -0.25) is 23.4 Å². The van der Waals surface area contributed by atoms with Gasteiger partial charge in [0.05, 0.1) is 16.8 Å². The summed E-state index contributed by atoms with van der Waals surface area (Å²) in [6, 6.07) is 11.9. The maximum absolute atomic E-state index is 13.8. The average molecular weight is 730 g/mol. The molecule has 14 nitrogen and oxygen atoms in total. The first-order valence-corrected chi connectivity index (χ1v) is 18.0. The molecule has 0 N–H and O–H groups in total. The van der Waals surface area contributed by atoms with Gasteiger partial charge in [-0.25, -0.2) is 0 Å². The maximum atomic E-state index is 13.8. The summed E-state index contributed by atoms with van der Waals surface area (Å²) < 4.78 is 55.4. The number of benzene rings is 2. The molecular formula is C36H47N3O11S. The second-order valence-electron chi connectivity index (χ2n) is 12.9. The molecule has 0 bridgehead atoms. The summed E-state index contributed by atoms with van der Waals surface area (Å²) in [6.45, 7) is 15.3. The van der Waals surface area contributed by atoms with Crippen molar-refractivity contribution in [2.45, 2.75) is 116 Å². The van der Waals surface area contributed by atoms with Crippen LogP contribution in [-0.4, -0.2) is 72.2 Å². The van der Waals surface area contributed by atoms with Crippen molar-refractivity contribution < 1.29 is 50.7 Å². The molecule has 278 valence electrons. The Morgan fingerprint density at radius 2 is 1.22 bits per heavy atom. The molecule has 15 heteroatoms. The normalized spacial score (nSPS) is 14.1. The van der Waals surface area contributed by atoms with E-state index < -0.39 is 65.0 Å². The number of nitrogens with zero attached hydrogens (tertiary/aromatic N) is 3. The number of aromatic nitrogens is 3. The van der Waals surface area contributed by atoms with Crippen molar-refractivity contribution in [1.82, 2.24) is 15.0 Å². The van der Waals surface area contributed by atoms with Gasteiger partial charge in [-0.2, -0.15) is 18.3 Å². The molecule has 0 saturated carbocycles. The van der Waals surface area contributed by atoms with E-state index in [-0.39, 0.29) is 28.3 Å². The summed E-state index contributed by atoms with van der Waals surface area (Å²) in [5.74, 6) is -3.45. The number of carbonyl (C=O) groups excluding carboxylic acids is 4. The fourth-order valence-electron chi connectivity index (χ4n) is 5.67. The molecule has 0 spiro atoms. The van der Waals surface area contributed by atoms with Crippen LogP contribution < -0.4 is 0 Å². The lowest BCUT2D eigenvalue weighted by Gasteiger charge is -2.34. The van der Waals surface area contributed by atoms with Crippen LogP contribution in [0.3, 0.4) is 0 Å². The van der Waals surface area contributed by atoms with Gasteiger partial charge in [0.1, 0.15) is 12.3 Å². The van der Waals surface area contributed by atoms with Crippen LogP contribution >= 0.6 is 0 Å². The van der Waals surface area contributed by atoms with Crippen molar-refractivity contribution in [3.05, 3.63) is 71.0 Å². The van der Waals surface area contributed by atoms with Gasteiger partial charge in [0.15, 0.2) is 24.4 Å². The number of carbonyl (C=O) groups is 4. The standard InChI is InChI=1S/C36H47N3O11S/c1-20(2)29-16-28(17-30(21(3)4)33(29)22(5)6)51(44,45)46-19-32(47-23(7)40)35(49-25(9)42)36(50-26(10)43)34(48-24(8)41)31-18-37-39(38-31)27-14-12-11-13-15-27/h11-18,20-22,32,34-36H,19H2,1-10H3/t32-,34-,35-,36-/m1/s1. The molecule has 0 amide bonds. The number of hydrogen-bond donors (Lipinski definition) is 0. The van der Waals surface area contributed by atoms with Crippen molar-refractivity contribution in [2.75, 3.05) is 6.61 Å². The van der Waals surface area contributed by atoms with E-state index in [0.29, 0.717) is 5.69 Å². The van der Waals surface area contributed by atoms with Crippen molar-refractivity contribution >= 4 is 34.0 Å². The second kappa shape index (κ2) is 17.5. The first-order chi connectivity index (χ1) is 23.8. The molecule has 3 rings (SSSR count). The topological polar surface area (TPSA) is 179 Å². The Balaban J connectivity index is 2.13. The van der Waals surface area contributed by atoms with Crippen molar-refractivity contribution in [3.8, 4) is 5.69 Å². The first kappa shape index (κ1) is 40.8. The van der Waals surface area contributed by atoms with E-state index in [0.717, 1.165) is 44.4 Å². The van der Waals surface area contributed by atoms with Crippen LogP contribution in [0.4, 0.5) is 0 Å². The summed E-state index contributed by atoms with van der Waals surface area (Å²) in [5.41, 5.74) is 3.26. The third kappa shape index (κ3) is 10.9. The third-order valence-corrected chi connectivity index (χ3v) is 8.97. The molecule has 0 fully saturated rings. The van der Waals surface area contributed by atoms with E-state index in [1.165, 1.54) is 11.0 Å². The van der Waals surface area contributed by atoms with Crippen molar-refractivity contribution in [2.24, 2.45) is 0 Å². The van der Waals surface area contributed by atoms with E-state index in [2.05, 4.69) is 10.2 Å². The summed E-state index contributed by atoms with van der Waals surface area (Å²) in [7, 11) is -4.53. The SMILES string of the molecule is CC(=O)O[C@@H]([C@H](OC(C)=O)[C@@H](COS(=O)(=O)c1cc(C(C)C)c(C(C)C)c(C(C)C)c1)OC(C)=O)[C@H](OC(C)=O)c1cnn(-c2ccccc2)n1. The smallest absolute Gasteiger partial charge is 0.303 e. The van der Waals surface area contributed by atoms with Gasteiger partial charge >= 0.3 is 23.9 Å². The number of ether oxygens (including phenoxy) is 4. The monoisotopic (exact) mass is 729 g/mol. The Hall–Kier alpha value is -4.63. The largest absolute Gasteiger partial charge is 0.456 e. The first-order valence-electron chi connectivity index (χ1n) is 16.6. The lowest BCUT2D eigenvalue weighted by Crippen LogP contribution is -2.50. The molecule has 2 aromatic carbocycles. The lowest BCUT2D eigenvalue weighted by atomic mass is 9.83. The van der Waals surface area contributed by atoms with E-state index in [1.807, 2.05) is 41.5 Å². The van der Waals surface area contributed by atoms with E-state index in [9.17, 15) is 27.6 Å². The van der Waals surface area contributed by atoms with Crippen LogP contribution in [-0.2, 0) is 52.4 Å². The van der Waals surface area contributed by atoms with Crippen molar-refractivity contribution in [1.29, 1.82) is 0 Å². The highest BCUT2D eigenvalue weighted by Gasteiger charge is 2.46. The molecule has 0 radical (unpaired) electrons. The van der Waals surface area contributed by atoms with E-state index in [1.54, 1.807) is 42.5 Å². The highest BCUT2D eigenvalue weighted by Crippen LogP contribution is 2.36. The number of hydrogen-bond acceptors (Lipinski definition) is 13. The Morgan fingerprint density at radius 1 is 0.706 bits per heavy atom. The second-order valence-corrected chi connectivity index (χ2v) is 14.6. The minimum Gasteiger partial charge on any atom is -0.456 e. The third-order valence-electron chi connectivity index (χ3n) is 7.71. The molecule has 1 aromatic heterocycles. The summed E-state index contributed by atoms with van der Waals surface area (Å²) in [6.07, 6.45) is -5.51. The van der Waals surface area contributed by atoms with Gasteiger partial charge in [-0.15, -0.1) is 5.10 Å². The van der Waals surface area contributed by atoms with E-state index >= 15 is 0 Å². The Labute approximate surface area is 298 Å². The predicted octanol–water partition coefficient (Wildman–Crippen LogP) is 5.44. The zero-order valence-electron chi connectivity index (χ0n) is 30.6. The molecule has 0 saturated heterocycles. The minimum atomic E-state index is -4.53.